The van der Waals surface area contributed by atoms with Crippen molar-refractivity contribution in [3.8, 4) is 5.75 Å². The number of piperidine rings is 1. The predicted octanol–water partition coefficient (Wildman–Crippen LogP) is 2.80. The Morgan fingerprint density at radius 2 is 1.81 bits per heavy atom. The van der Waals surface area contributed by atoms with E-state index < -0.39 is 0 Å². The topological polar surface area (TPSA) is 53.8 Å². The molecule has 2 fully saturated rings. The summed E-state index contributed by atoms with van der Waals surface area (Å²) < 4.78 is 7.05. The molecule has 2 saturated heterocycles. The third-order valence-corrected chi connectivity index (χ3v) is 6.91. The lowest BCUT2D eigenvalue weighted by atomic mass is 9.95. The van der Waals surface area contributed by atoms with Crippen molar-refractivity contribution in [2.75, 3.05) is 57.8 Å². The van der Waals surface area contributed by atoms with Crippen LogP contribution in [0.4, 0.5) is 5.69 Å². The number of aromatic nitrogens is 2. The molecule has 31 heavy (non-hydrogen) atoms. The molecule has 0 N–H and O–H groups in total. The van der Waals surface area contributed by atoms with Crippen molar-refractivity contribution in [1.29, 1.82) is 0 Å². The molecule has 1 aromatic carbocycles. The molecule has 0 saturated carbocycles. The van der Waals surface area contributed by atoms with Crippen LogP contribution in [0.1, 0.15) is 35.3 Å². The van der Waals surface area contributed by atoms with Gasteiger partial charge in [-0.25, -0.2) is 0 Å². The minimum absolute atomic E-state index is 0.133. The number of methoxy groups -OCH3 is 1. The second kappa shape index (κ2) is 9.73. The molecule has 4 rings (SSSR count). The summed E-state index contributed by atoms with van der Waals surface area (Å²) in [6, 6.07) is 8.40. The summed E-state index contributed by atoms with van der Waals surface area (Å²) in [4.78, 5) is 19.9. The first-order chi connectivity index (χ1) is 15.0. The van der Waals surface area contributed by atoms with Crippen LogP contribution in [0.2, 0.25) is 0 Å². The summed E-state index contributed by atoms with van der Waals surface area (Å²) in [5, 5.41) is 4.22. The zero-order valence-corrected chi connectivity index (χ0v) is 19.1. The number of amides is 1. The Morgan fingerprint density at radius 1 is 1.06 bits per heavy atom. The molecule has 0 aliphatic carbocycles. The lowest BCUT2D eigenvalue weighted by molar-refractivity contribution is 0.0668. The van der Waals surface area contributed by atoms with Crippen molar-refractivity contribution in [1.82, 2.24) is 19.6 Å². The molecular formula is C24H35N5O2. The van der Waals surface area contributed by atoms with Crippen LogP contribution >= 0.6 is 0 Å². The Hall–Kier alpha value is -2.54. The third-order valence-electron chi connectivity index (χ3n) is 6.91. The molecule has 7 heteroatoms. The fourth-order valence-corrected chi connectivity index (χ4v) is 4.77. The van der Waals surface area contributed by atoms with Gasteiger partial charge in [0, 0.05) is 57.7 Å². The van der Waals surface area contributed by atoms with Gasteiger partial charge in [0.05, 0.1) is 18.9 Å². The van der Waals surface area contributed by atoms with Gasteiger partial charge in [-0.15, -0.1) is 0 Å². The van der Waals surface area contributed by atoms with E-state index >= 15 is 0 Å². The Bertz CT molecular complexity index is 871. The lowest BCUT2D eigenvalue weighted by Crippen LogP contribution is -2.42. The van der Waals surface area contributed by atoms with Crippen LogP contribution in [-0.4, -0.2) is 78.4 Å². The second-order valence-corrected chi connectivity index (χ2v) is 8.84. The van der Waals surface area contributed by atoms with Gasteiger partial charge < -0.3 is 19.4 Å². The van der Waals surface area contributed by atoms with E-state index in [0.29, 0.717) is 5.92 Å². The predicted molar refractivity (Wildman–Crippen MR) is 123 cm³/mol. The first-order valence-electron chi connectivity index (χ1n) is 11.4. The quantitative estimate of drug-likeness (QED) is 0.737. The highest BCUT2D eigenvalue weighted by atomic mass is 16.5. The minimum atomic E-state index is 0.133. The SMILES string of the molecule is COc1ccc(N2CCCN(CC3CCN(C(=O)c4cnn(C)c4C)CC3)CC2)cc1. The molecule has 0 spiro atoms. The first-order valence-corrected chi connectivity index (χ1v) is 11.4. The van der Waals surface area contributed by atoms with Gasteiger partial charge in [0.15, 0.2) is 0 Å². The van der Waals surface area contributed by atoms with Crippen LogP contribution in [0, 0.1) is 12.8 Å². The van der Waals surface area contributed by atoms with E-state index in [9.17, 15) is 4.79 Å². The first kappa shape index (κ1) is 21.7. The zero-order chi connectivity index (χ0) is 21.8. The molecule has 7 nitrogen and oxygen atoms in total. The number of carbonyl (C=O) groups excluding carboxylic acids is 1. The Kier molecular flexibility index (Phi) is 6.80. The van der Waals surface area contributed by atoms with Gasteiger partial charge in [0.1, 0.15) is 5.75 Å². The number of nitrogens with zero attached hydrogens (tertiary/aromatic N) is 5. The van der Waals surface area contributed by atoms with E-state index in [2.05, 4.69) is 27.0 Å². The van der Waals surface area contributed by atoms with Crippen molar-refractivity contribution in [3.05, 3.63) is 41.7 Å². The van der Waals surface area contributed by atoms with Crippen LogP contribution in [0.3, 0.4) is 0 Å². The zero-order valence-electron chi connectivity index (χ0n) is 19.1. The summed E-state index contributed by atoms with van der Waals surface area (Å²) in [5.74, 6) is 1.71. The number of likely N-dealkylation sites (tertiary alicyclic amines) is 1. The summed E-state index contributed by atoms with van der Waals surface area (Å²) in [7, 11) is 3.59. The van der Waals surface area contributed by atoms with E-state index in [4.69, 9.17) is 4.74 Å². The smallest absolute Gasteiger partial charge is 0.257 e. The number of benzene rings is 1. The minimum Gasteiger partial charge on any atom is -0.497 e. The van der Waals surface area contributed by atoms with E-state index in [0.717, 1.165) is 75.7 Å². The van der Waals surface area contributed by atoms with Gasteiger partial charge in [-0.05, 0) is 62.9 Å². The number of hydrogen-bond donors (Lipinski definition) is 0. The maximum atomic E-state index is 12.8. The molecule has 2 aliphatic rings. The van der Waals surface area contributed by atoms with Crippen LogP contribution < -0.4 is 9.64 Å². The van der Waals surface area contributed by atoms with Crippen LogP contribution in [0.15, 0.2) is 30.5 Å². The number of ether oxygens (including phenoxy) is 1. The van der Waals surface area contributed by atoms with Gasteiger partial charge in [-0.3, -0.25) is 9.48 Å². The monoisotopic (exact) mass is 425 g/mol. The van der Waals surface area contributed by atoms with E-state index in [-0.39, 0.29) is 5.91 Å². The summed E-state index contributed by atoms with van der Waals surface area (Å²) in [6.07, 6.45) is 5.06. The maximum Gasteiger partial charge on any atom is 0.257 e. The Balaban J connectivity index is 1.25. The Morgan fingerprint density at radius 3 is 2.45 bits per heavy atom. The molecule has 0 atom stereocenters. The van der Waals surface area contributed by atoms with Gasteiger partial charge in [-0.1, -0.05) is 0 Å². The third kappa shape index (κ3) is 5.03. The van der Waals surface area contributed by atoms with Crippen molar-refractivity contribution in [2.45, 2.75) is 26.2 Å². The fourth-order valence-electron chi connectivity index (χ4n) is 4.77. The van der Waals surface area contributed by atoms with Crippen molar-refractivity contribution in [2.24, 2.45) is 13.0 Å². The number of rotatable bonds is 5. The standard InChI is InChI=1S/C24H35N5O2/c1-19-23(17-25-26(19)2)24(30)29-13-9-20(10-14-29)18-27-11-4-12-28(16-15-27)21-5-7-22(31-3)8-6-21/h5-8,17,20H,4,9-16,18H2,1-3H3. The Labute approximate surface area is 185 Å². The molecular weight excluding hydrogens is 390 g/mol. The molecule has 0 unspecified atom stereocenters. The van der Waals surface area contributed by atoms with Crippen LogP contribution in [0.5, 0.6) is 5.75 Å². The summed E-state index contributed by atoms with van der Waals surface area (Å²) in [6.45, 7) is 9.21. The molecule has 1 aromatic heterocycles. The van der Waals surface area contributed by atoms with E-state index in [1.165, 1.54) is 12.1 Å². The normalized spacial score (nSPS) is 18.8. The van der Waals surface area contributed by atoms with Crippen molar-refractivity contribution >= 4 is 11.6 Å². The van der Waals surface area contributed by atoms with E-state index in [1.54, 1.807) is 18.0 Å². The molecule has 3 heterocycles. The van der Waals surface area contributed by atoms with Gasteiger partial charge in [-0.2, -0.15) is 5.10 Å². The van der Waals surface area contributed by atoms with Gasteiger partial charge >= 0.3 is 0 Å². The highest BCUT2D eigenvalue weighted by Crippen LogP contribution is 2.23. The van der Waals surface area contributed by atoms with E-state index in [1.807, 2.05) is 31.0 Å². The van der Waals surface area contributed by atoms with Crippen LogP contribution in [-0.2, 0) is 7.05 Å². The number of aryl methyl sites for hydroxylation is 1. The van der Waals surface area contributed by atoms with Crippen molar-refractivity contribution < 1.29 is 9.53 Å². The molecule has 2 aromatic rings. The summed E-state index contributed by atoms with van der Waals surface area (Å²) in [5.41, 5.74) is 2.96. The van der Waals surface area contributed by atoms with Crippen LogP contribution in [0.25, 0.3) is 0 Å². The van der Waals surface area contributed by atoms with Gasteiger partial charge in [0.25, 0.3) is 5.91 Å². The van der Waals surface area contributed by atoms with Crippen molar-refractivity contribution in [3.63, 3.8) is 0 Å². The molecule has 2 aliphatic heterocycles. The fraction of sp³-hybridized carbons (Fsp3) is 0.583. The highest BCUT2D eigenvalue weighted by molar-refractivity contribution is 5.95. The highest BCUT2D eigenvalue weighted by Gasteiger charge is 2.27. The largest absolute Gasteiger partial charge is 0.497 e. The molecule has 168 valence electrons. The molecule has 0 radical (unpaired) electrons. The lowest BCUT2D eigenvalue weighted by Gasteiger charge is -2.34. The number of carbonyl (C=O) groups is 1. The van der Waals surface area contributed by atoms with Gasteiger partial charge in [0.2, 0.25) is 0 Å². The molecule has 1 amide bonds. The number of anilines is 1. The summed E-state index contributed by atoms with van der Waals surface area (Å²) >= 11 is 0. The second-order valence-electron chi connectivity index (χ2n) is 8.84. The molecule has 0 bridgehead atoms. The number of hydrogen-bond acceptors (Lipinski definition) is 5. The maximum absolute atomic E-state index is 12.8. The average molecular weight is 426 g/mol. The average Bonchev–Trinajstić information content (AvgIpc) is 2.99.